The van der Waals surface area contributed by atoms with Crippen LogP contribution in [0.1, 0.15) is 35.3 Å². The summed E-state index contributed by atoms with van der Waals surface area (Å²) in [4.78, 5) is 24.6. The lowest BCUT2D eigenvalue weighted by Crippen LogP contribution is -2.31. The quantitative estimate of drug-likeness (QED) is 0.675. The molecule has 0 spiro atoms. The fourth-order valence-electron chi connectivity index (χ4n) is 2.57. The number of hydrogen-bond donors (Lipinski definition) is 1. The molecule has 122 valence electrons. The van der Waals surface area contributed by atoms with Crippen molar-refractivity contribution in [2.75, 3.05) is 0 Å². The van der Waals surface area contributed by atoms with Gasteiger partial charge in [-0.3, -0.25) is 4.79 Å². The van der Waals surface area contributed by atoms with Crippen LogP contribution in [0.3, 0.4) is 0 Å². The molecule has 2 aromatic carbocycles. The van der Waals surface area contributed by atoms with E-state index in [1.165, 1.54) is 0 Å². The maximum absolute atomic E-state index is 12.5. The second-order valence-corrected chi connectivity index (χ2v) is 6.39. The van der Waals surface area contributed by atoms with E-state index in [1.807, 2.05) is 37.3 Å². The van der Waals surface area contributed by atoms with E-state index in [1.54, 1.807) is 24.3 Å². The molecule has 24 heavy (non-hydrogen) atoms. The van der Waals surface area contributed by atoms with Gasteiger partial charge in [-0.05, 0) is 36.2 Å². The molecule has 1 unspecified atom stereocenters. The summed E-state index contributed by atoms with van der Waals surface area (Å²) in [6.45, 7) is 1.98. The molecule has 0 fully saturated rings. The van der Waals surface area contributed by atoms with Crippen molar-refractivity contribution in [2.24, 2.45) is 0 Å². The summed E-state index contributed by atoms with van der Waals surface area (Å²) in [5.74, 6) is -0.427. The van der Waals surface area contributed by atoms with Gasteiger partial charge in [0.2, 0.25) is 0 Å². The molecule has 1 aromatic heterocycles. The topological polar surface area (TPSA) is 59.3 Å². The number of fused-ring (bicyclic) bond motifs is 1. The third kappa shape index (κ3) is 3.41. The summed E-state index contributed by atoms with van der Waals surface area (Å²) < 4.78 is 6.20. The average molecular weight is 386 g/mol. The van der Waals surface area contributed by atoms with Gasteiger partial charge in [0.1, 0.15) is 11.1 Å². The molecule has 3 rings (SSSR count). The number of nitrogens with one attached hydrogen (secondary N) is 1. The largest absolute Gasteiger partial charge is 0.422 e. The van der Waals surface area contributed by atoms with Crippen LogP contribution in [0, 0.1) is 0 Å². The van der Waals surface area contributed by atoms with Gasteiger partial charge in [-0.2, -0.15) is 0 Å². The zero-order chi connectivity index (χ0) is 17.1. The Kier molecular flexibility index (Phi) is 4.81. The van der Waals surface area contributed by atoms with E-state index in [0.717, 1.165) is 15.4 Å². The molecule has 0 aliphatic rings. The van der Waals surface area contributed by atoms with Gasteiger partial charge in [0.25, 0.3) is 5.91 Å². The molecule has 3 aromatic rings. The van der Waals surface area contributed by atoms with Crippen LogP contribution in [0.4, 0.5) is 0 Å². The number of hydrogen-bond acceptors (Lipinski definition) is 3. The molecule has 0 aliphatic heterocycles. The van der Waals surface area contributed by atoms with Crippen molar-refractivity contribution in [1.82, 2.24) is 5.32 Å². The summed E-state index contributed by atoms with van der Waals surface area (Å²) in [7, 11) is 0. The monoisotopic (exact) mass is 385 g/mol. The second kappa shape index (κ2) is 7.01. The molecule has 1 amide bonds. The number of halogens is 1. The first kappa shape index (κ1) is 16.5. The van der Waals surface area contributed by atoms with Gasteiger partial charge in [-0.1, -0.05) is 53.2 Å². The molecule has 5 heteroatoms. The summed E-state index contributed by atoms with van der Waals surface area (Å²) in [5, 5.41) is 3.63. The van der Waals surface area contributed by atoms with Crippen LogP contribution in [0.5, 0.6) is 0 Å². The van der Waals surface area contributed by atoms with Crippen molar-refractivity contribution in [2.45, 2.75) is 19.4 Å². The van der Waals surface area contributed by atoms with E-state index in [-0.39, 0.29) is 11.6 Å². The Balaban J connectivity index is 1.89. The highest BCUT2D eigenvalue weighted by Gasteiger charge is 2.18. The van der Waals surface area contributed by atoms with Crippen molar-refractivity contribution in [1.29, 1.82) is 0 Å². The highest BCUT2D eigenvalue weighted by atomic mass is 79.9. The maximum Gasteiger partial charge on any atom is 0.349 e. The number of benzene rings is 2. The minimum absolute atomic E-state index is 0.0178. The van der Waals surface area contributed by atoms with Crippen molar-refractivity contribution in [3.05, 3.63) is 80.6 Å². The van der Waals surface area contributed by atoms with Crippen LogP contribution in [0.25, 0.3) is 11.0 Å². The van der Waals surface area contributed by atoms with Gasteiger partial charge in [0, 0.05) is 9.86 Å². The Labute approximate surface area is 147 Å². The van der Waals surface area contributed by atoms with Crippen molar-refractivity contribution in [3.63, 3.8) is 0 Å². The van der Waals surface area contributed by atoms with Gasteiger partial charge < -0.3 is 9.73 Å². The number of para-hydroxylation sites is 1. The Morgan fingerprint density at radius 1 is 1.17 bits per heavy atom. The van der Waals surface area contributed by atoms with Crippen molar-refractivity contribution >= 4 is 32.8 Å². The highest BCUT2D eigenvalue weighted by Crippen LogP contribution is 2.20. The van der Waals surface area contributed by atoms with E-state index in [0.29, 0.717) is 12.0 Å². The third-order valence-electron chi connectivity index (χ3n) is 3.87. The van der Waals surface area contributed by atoms with Gasteiger partial charge in [0.15, 0.2) is 0 Å². The van der Waals surface area contributed by atoms with E-state index < -0.39 is 11.5 Å². The van der Waals surface area contributed by atoms with Crippen LogP contribution in [0.2, 0.25) is 0 Å². The van der Waals surface area contributed by atoms with Crippen LogP contribution in [0.15, 0.2) is 68.3 Å². The van der Waals surface area contributed by atoms with E-state index in [2.05, 4.69) is 21.2 Å². The molecule has 0 saturated carbocycles. The number of rotatable bonds is 4. The van der Waals surface area contributed by atoms with E-state index >= 15 is 0 Å². The van der Waals surface area contributed by atoms with Crippen LogP contribution < -0.4 is 10.9 Å². The second-order valence-electron chi connectivity index (χ2n) is 5.47. The molecule has 4 nitrogen and oxygen atoms in total. The predicted molar refractivity (Wildman–Crippen MR) is 97.1 cm³/mol. The summed E-state index contributed by atoms with van der Waals surface area (Å²) in [5.41, 5.74) is 0.847. The highest BCUT2D eigenvalue weighted by molar-refractivity contribution is 9.10. The molecule has 0 saturated heterocycles. The minimum atomic E-state index is -0.628. The van der Waals surface area contributed by atoms with E-state index in [4.69, 9.17) is 4.42 Å². The van der Waals surface area contributed by atoms with Gasteiger partial charge in [-0.15, -0.1) is 0 Å². The number of carbonyl (C=O) groups is 1. The van der Waals surface area contributed by atoms with Gasteiger partial charge in [0.05, 0.1) is 6.04 Å². The fourth-order valence-corrected chi connectivity index (χ4v) is 2.84. The fraction of sp³-hybridized carbons (Fsp3) is 0.158. The molecular weight excluding hydrogens is 370 g/mol. The number of carbonyl (C=O) groups excluding carboxylic acids is 1. The lowest BCUT2D eigenvalue weighted by atomic mass is 10.0. The number of amides is 1. The summed E-state index contributed by atoms with van der Waals surface area (Å²) in [6.07, 6.45) is 0.715. The molecule has 0 aliphatic carbocycles. The average Bonchev–Trinajstić information content (AvgIpc) is 2.59. The zero-order valence-corrected chi connectivity index (χ0v) is 14.7. The first-order valence-corrected chi connectivity index (χ1v) is 8.47. The molecule has 1 atom stereocenters. The third-order valence-corrected chi connectivity index (χ3v) is 4.40. The first-order chi connectivity index (χ1) is 11.6. The van der Waals surface area contributed by atoms with Gasteiger partial charge >= 0.3 is 5.63 Å². The summed E-state index contributed by atoms with van der Waals surface area (Å²) >= 11 is 3.40. The summed E-state index contributed by atoms with van der Waals surface area (Å²) in [6, 6.07) is 16.3. The standard InChI is InChI=1S/C19H16BrNO3/c1-2-16(12-7-9-14(20)10-8-12)21-18(22)15-11-13-5-3-4-6-17(13)24-19(15)23/h3-11,16H,2H2,1H3,(H,21,22). The molecule has 0 bridgehead atoms. The molecule has 1 heterocycles. The van der Waals surface area contributed by atoms with Crippen LogP contribution >= 0.6 is 15.9 Å². The SMILES string of the molecule is CCC(NC(=O)c1cc2ccccc2oc1=O)c1ccc(Br)cc1. The first-order valence-electron chi connectivity index (χ1n) is 7.67. The smallest absolute Gasteiger partial charge is 0.349 e. The lowest BCUT2D eigenvalue weighted by Gasteiger charge is -2.17. The Morgan fingerprint density at radius 3 is 2.58 bits per heavy atom. The van der Waals surface area contributed by atoms with E-state index in [9.17, 15) is 9.59 Å². The molecular formula is C19H16BrNO3. The Morgan fingerprint density at radius 2 is 1.88 bits per heavy atom. The maximum atomic E-state index is 12.5. The van der Waals surface area contributed by atoms with Crippen LogP contribution in [-0.4, -0.2) is 5.91 Å². The molecule has 0 radical (unpaired) electrons. The van der Waals surface area contributed by atoms with Crippen molar-refractivity contribution < 1.29 is 9.21 Å². The normalized spacial score (nSPS) is 12.1. The Bertz CT molecular complexity index is 931. The molecule has 1 N–H and O–H groups in total. The van der Waals surface area contributed by atoms with Gasteiger partial charge in [-0.25, -0.2) is 4.79 Å². The lowest BCUT2D eigenvalue weighted by molar-refractivity contribution is 0.0932. The minimum Gasteiger partial charge on any atom is -0.422 e. The Hall–Kier alpha value is -2.40. The van der Waals surface area contributed by atoms with Crippen molar-refractivity contribution in [3.8, 4) is 0 Å². The zero-order valence-electron chi connectivity index (χ0n) is 13.1. The predicted octanol–water partition coefficient (Wildman–Crippen LogP) is 4.44. The van der Waals surface area contributed by atoms with Crippen LogP contribution in [-0.2, 0) is 0 Å².